The first-order valence-corrected chi connectivity index (χ1v) is 11.6. The molecule has 12 heteroatoms. The van der Waals surface area contributed by atoms with E-state index in [1.165, 1.54) is 35.4 Å². The summed E-state index contributed by atoms with van der Waals surface area (Å²) in [6, 6.07) is 10.5. The fourth-order valence-electron chi connectivity index (χ4n) is 3.45. The number of allylic oxidation sites excluding steroid dienone is 1. The van der Waals surface area contributed by atoms with Gasteiger partial charge in [-0.2, -0.15) is 13.8 Å². The van der Waals surface area contributed by atoms with E-state index in [9.17, 15) is 5.11 Å². The van der Waals surface area contributed by atoms with Crippen LogP contribution in [0.2, 0.25) is 0 Å². The largest absolute Gasteiger partial charge is 0.504 e. The van der Waals surface area contributed by atoms with Crippen molar-refractivity contribution in [3.05, 3.63) is 83.8 Å². The third-order valence-electron chi connectivity index (χ3n) is 5.52. The number of amidine groups is 2. The van der Waals surface area contributed by atoms with Gasteiger partial charge in [0.15, 0.2) is 11.5 Å². The summed E-state index contributed by atoms with van der Waals surface area (Å²) in [4.78, 5) is 7.21. The third-order valence-corrected chi connectivity index (χ3v) is 5.52. The van der Waals surface area contributed by atoms with Crippen molar-refractivity contribution in [2.75, 3.05) is 25.5 Å². The predicted molar refractivity (Wildman–Crippen MR) is 142 cm³/mol. The van der Waals surface area contributed by atoms with Crippen LogP contribution in [0.25, 0.3) is 0 Å². The van der Waals surface area contributed by atoms with E-state index in [2.05, 4.69) is 4.98 Å². The number of nitrogens with zero attached hydrogens (tertiary/aromatic N) is 3. The monoisotopic (exact) mass is 536 g/mol. The van der Waals surface area contributed by atoms with E-state index < -0.39 is 34.9 Å². The van der Waals surface area contributed by atoms with Gasteiger partial charge >= 0.3 is 0 Å². The second-order valence-corrected chi connectivity index (χ2v) is 8.64. The summed E-state index contributed by atoms with van der Waals surface area (Å²) in [5.41, 5.74) is 6.46. The lowest BCUT2D eigenvalue weighted by Gasteiger charge is -2.22. The number of nitrogens with one attached hydrogen (secondary N) is 2. The van der Waals surface area contributed by atoms with Crippen LogP contribution < -0.4 is 24.8 Å². The van der Waals surface area contributed by atoms with Crippen LogP contribution in [0, 0.1) is 22.5 Å². The lowest BCUT2D eigenvalue weighted by molar-refractivity contribution is 0.319. The Kier molecular flexibility index (Phi) is 7.65. The molecule has 5 N–H and O–H groups in total. The van der Waals surface area contributed by atoms with Gasteiger partial charge in [-0.25, -0.2) is 0 Å². The molecular weight excluding hydrogens is 510 g/mol. The number of ether oxygens (including phenoxy) is 3. The van der Waals surface area contributed by atoms with Gasteiger partial charge in [0.1, 0.15) is 17.3 Å². The molecule has 0 fully saturated rings. The smallest absolute Gasteiger partial charge is 0.263 e. The molecule has 10 nitrogen and oxygen atoms in total. The first-order valence-electron chi connectivity index (χ1n) is 11.6. The quantitative estimate of drug-likeness (QED) is 0.231. The van der Waals surface area contributed by atoms with Crippen molar-refractivity contribution >= 4 is 17.4 Å². The predicted octanol–water partition coefficient (Wildman–Crippen LogP) is 5.09. The summed E-state index contributed by atoms with van der Waals surface area (Å²) in [5, 5.41) is 25.7. The number of hydrogen-bond acceptors (Lipinski definition) is 8. The molecule has 1 aliphatic heterocycles. The summed E-state index contributed by atoms with van der Waals surface area (Å²) < 4.78 is 48.0. The van der Waals surface area contributed by atoms with E-state index in [0.29, 0.717) is 6.54 Å². The van der Waals surface area contributed by atoms with E-state index in [0.717, 1.165) is 5.69 Å². The van der Waals surface area contributed by atoms with Gasteiger partial charge in [0, 0.05) is 44.2 Å². The number of aromatic hydroxyl groups is 1. The Morgan fingerprint density at radius 2 is 1.77 bits per heavy atom. The van der Waals surface area contributed by atoms with Gasteiger partial charge in [-0.3, -0.25) is 10.8 Å². The van der Waals surface area contributed by atoms with Crippen LogP contribution in [-0.4, -0.2) is 47.3 Å². The number of nitrogens with two attached hydrogens (primary N) is 1. The second-order valence-electron chi connectivity index (χ2n) is 8.64. The van der Waals surface area contributed by atoms with Crippen molar-refractivity contribution in [2.24, 2.45) is 5.73 Å². The fourth-order valence-corrected chi connectivity index (χ4v) is 3.45. The van der Waals surface area contributed by atoms with Crippen molar-refractivity contribution in [2.45, 2.75) is 6.92 Å². The number of nitrogen functional groups attached to an aromatic ring is 1. The normalized spacial score (nSPS) is 12.5. The summed E-state index contributed by atoms with van der Waals surface area (Å²) in [7, 11) is 3.64. The number of hydrogen-bond donors (Lipinski definition) is 4. The third kappa shape index (κ3) is 6.06. The number of pyridine rings is 1. The SMILES string of the molecule is CC(=N)N1C=C(Oc2c(F)c(Oc3cccc(N(C)C)c3)nc(Oc3cc(C(=N)N)ccc3O)c2F)C=CC1. The van der Waals surface area contributed by atoms with Crippen LogP contribution in [0.15, 0.2) is 66.6 Å². The molecule has 202 valence electrons. The first kappa shape index (κ1) is 26.9. The van der Waals surface area contributed by atoms with Gasteiger partial charge < -0.3 is 34.9 Å². The minimum Gasteiger partial charge on any atom is -0.504 e. The number of anilines is 1. The highest BCUT2D eigenvalue weighted by atomic mass is 19.1. The molecule has 0 bridgehead atoms. The Morgan fingerprint density at radius 1 is 1.05 bits per heavy atom. The number of phenolic OH excluding ortho intramolecular Hbond substituents is 1. The van der Waals surface area contributed by atoms with Crippen molar-refractivity contribution in [3.8, 4) is 34.8 Å². The Bertz CT molecular complexity index is 1510. The Morgan fingerprint density at radius 3 is 2.44 bits per heavy atom. The second kappa shape index (κ2) is 11.1. The van der Waals surface area contributed by atoms with Crippen LogP contribution in [0.1, 0.15) is 12.5 Å². The fraction of sp³-hybridized carbons (Fsp3) is 0.148. The van der Waals surface area contributed by atoms with Gasteiger partial charge in [0.2, 0.25) is 17.4 Å². The molecule has 0 amide bonds. The minimum absolute atomic E-state index is 0.0461. The molecule has 0 saturated heterocycles. The average Bonchev–Trinajstić information content (AvgIpc) is 2.90. The Balaban J connectivity index is 1.80. The van der Waals surface area contributed by atoms with Gasteiger partial charge in [-0.1, -0.05) is 12.1 Å². The van der Waals surface area contributed by atoms with Gasteiger partial charge in [0.25, 0.3) is 11.8 Å². The highest BCUT2D eigenvalue weighted by molar-refractivity contribution is 5.95. The van der Waals surface area contributed by atoms with E-state index in [1.807, 2.05) is 25.1 Å². The summed E-state index contributed by atoms with van der Waals surface area (Å²) in [5.74, 6) is -5.39. The molecule has 0 spiro atoms. The van der Waals surface area contributed by atoms with Gasteiger partial charge in [0.05, 0.1) is 5.84 Å². The Hall–Kier alpha value is -5.13. The maximum atomic E-state index is 15.6. The molecule has 2 aromatic carbocycles. The molecule has 1 aliphatic rings. The molecule has 0 radical (unpaired) electrons. The topological polar surface area (TPSA) is 141 Å². The molecule has 0 saturated carbocycles. The molecule has 4 rings (SSSR count). The van der Waals surface area contributed by atoms with Crippen molar-refractivity contribution in [3.63, 3.8) is 0 Å². The molecular formula is C27H26F2N6O4. The van der Waals surface area contributed by atoms with Crippen molar-refractivity contribution in [1.29, 1.82) is 10.8 Å². The van der Waals surface area contributed by atoms with E-state index in [-0.39, 0.29) is 34.5 Å². The summed E-state index contributed by atoms with van der Waals surface area (Å²) in [6.07, 6.45) is 4.59. The maximum absolute atomic E-state index is 15.6. The maximum Gasteiger partial charge on any atom is 0.263 e. The van der Waals surface area contributed by atoms with E-state index in [4.69, 9.17) is 30.8 Å². The zero-order valence-electron chi connectivity index (χ0n) is 21.3. The first-order chi connectivity index (χ1) is 18.5. The lowest BCUT2D eigenvalue weighted by atomic mass is 10.2. The number of benzene rings is 2. The standard InChI is InChI=1S/C27H26F2N6O4/c1-15(30)35-11-5-8-19(14-35)37-24-22(28)26(38-18-7-4-6-17(13-18)34(2)3)33-27(23(24)29)39-21-12-16(25(31)32)9-10-20(21)36/h4-10,12-14,30,36H,11H2,1-3H3,(H3,31,32). The summed E-state index contributed by atoms with van der Waals surface area (Å²) >= 11 is 0. The molecule has 2 heterocycles. The van der Waals surface area contributed by atoms with Crippen LogP contribution in [0.4, 0.5) is 14.5 Å². The number of rotatable bonds is 8. The van der Waals surface area contributed by atoms with Crippen molar-refractivity contribution < 1.29 is 28.1 Å². The van der Waals surface area contributed by atoms with E-state index >= 15 is 8.78 Å². The average molecular weight is 537 g/mol. The molecule has 1 aromatic heterocycles. The summed E-state index contributed by atoms with van der Waals surface area (Å²) in [6.45, 7) is 1.95. The van der Waals surface area contributed by atoms with Crippen LogP contribution in [-0.2, 0) is 0 Å². The molecule has 0 aliphatic carbocycles. The minimum atomic E-state index is -1.31. The zero-order chi connectivity index (χ0) is 28.3. The van der Waals surface area contributed by atoms with Crippen molar-refractivity contribution in [1.82, 2.24) is 9.88 Å². The van der Waals surface area contributed by atoms with E-state index in [1.54, 1.807) is 31.2 Å². The molecule has 3 aromatic rings. The zero-order valence-corrected chi connectivity index (χ0v) is 21.3. The van der Waals surface area contributed by atoms with Crippen LogP contribution >= 0.6 is 0 Å². The number of phenols is 1. The number of aromatic nitrogens is 1. The lowest BCUT2D eigenvalue weighted by Crippen LogP contribution is -2.25. The van der Waals surface area contributed by atoms with Crippen LogP contribution in [0.3, 0.4) is 0 Å². The number of halogens is 2. The Labute approximate surface area is 223 Å². The highest BCUT2D eigenvalue weighted by Gasteiger charge is 2.27. The highest BCUT2D eigenvalue weighted by Crippen LogP contribution is 2.40. The van der Waals surface area contributed by atoms with Gasteiger partial charge in [-0.15, -0.1) is 0 Å². The molecule has 0 atom stereocenters. The molecule has 0 unspecified atom stereocenters. The molecule has 39 heavy (non-hydrogen) atoms. The van der Waals surface area contributed by atoms with Gasteiger partial charge in [-0.05, 0) is 43.3 Å². The van der Waals surface area contributed by atoms with Crippen LogP contribution in [0.5, 0.6) is 34.8 Å².